The summed E-state index contributed by atoms with van der Waals surface area (Å²) in [6.07, 6.45) is 6.35. The maximum Gasteiger partial charge on any atom is -0.0244 e. The Hall–Kier alpha value is -0.780. The number of rotatable bonds is 3. The summed E-state index contributed by atoms with van der Waals surface area (Å²) in [7, 11) is 0. The van der Waals surface area contributed by atoms with E-state index in [1.165, 1.54) is 32.1 Å². The summed E-state index contributed by atoms with van der Waals surface area (Å²) < 4.78 is 0. The van der Waals surface area contributed by atoms with Crippen molar-refractivity contribution in [2.45, 2.75) is 52.9 Å². The van der Waals surface area contributed by atoms with Crippen molar-refractivity contribution in [2.75, 3.05) is 0 Å². The molecule has 82 valence electrons. The molecular formula is C15H22. The van der Waals surface area contributed by atoms with Crippen LogP contribution in [0.25, 0.3) is 0 Å². The molecule has 0 heteroatoms. The predicted molar refractivity (Wildman–Crippen MR) is 66.4 cm³/mol. The summed E-state index contributed by atoms with van der Waals surface area (Å²) in [4.78, 5) is 0. The number of hydrogen-bond donors (Lipinski definition) is 0. The van der Waals surface area contributed by atoms with E-state index in [9.17, 15) is 0 Å². The molecule has 0 spiro atoms. The molecule has 0 unspecified atom stereocenters. The van der Waals surface area contributed by atoms with Crippen molar-refractivity contribution in [1.82, 2.24) is 0 Å². The Morgan fingerprint density at radius 1 is 0.933 bits per heavy atom. The molecule has 0 atom stereocenters. The Morgan fingerprint density at radius 3 is 1.73 bits per heavy atom. The van der Waals surface area contributed by atoms with Crippen LogP contribution in [0.3, 0.4) is 0 Å². The van der Waals surface area contributed by atoms with Crippen LogP contribution in [0.4, 0.5) is 0 Å². The average molecular weight is 202 g/mol. The van der Waals surface area contributed by atoms with Gasteiger partial charge in [-0.25, -0.2) is 0 Å². The zero-order valence-corrected chi connectivity index (χ0v) is 10.3. The first-order valence-corrected chi connectivity index (χ1v) is 6.41. The minimum Gasteiger partial charge on any atom is -0.0651 e. The van der Waals surface area contributed by atoms with E-state index in [1.807, 2.05) is 0 Å². The molecule has 0 heterocycles. The van der Waals surface area contributed by atoms with Gasteiger partial charge >= 0.3 is 0 Å². The zero-order chi connectivity index (χ0) is 10.8. The number of benzene rings is 1. The van der Waals surface area contributed by atoms with Gasteiger partial charge in [0.2, 0.25) is 0 Å². The highest BCUT2D eigenvalue weighted by molar-refractivity contribution is 5.41. The largest absolute Gasteiger partial charge is 0.0651 e. The average Bonchev–Trinajstić information content (AvgIpc) is 2.68. The second-order valence-electron chi connectivity index (χ2n) is 4.78. The molecule has 0 fully saturated rings. The van der Waals surface area contributed by atoms with Gasteiger partial charge in [0, 0.05) is 0 Å². The Balaban J connectivity index is 2.35. The Kier molecular flexibility index (Phi) is 3.14. The molecule has 0 nitrogen and oxygen atoms in total. The van der Waals surface area contributed by atoms with Gasteiger partial charge < -0.3 is 0 Å². The molecule has 0 bridgehead atoms. The fourth-order valence-corrected chi connectivity index (χ4v) is 2.81. The van der Waals surface area contributed by atoms with Crippen LogP contribution in [0.1, 0.15) is 49.4 Å². The van der Waals surface area contributed by atoms with Crippen LogP contribution in [-0.2, 0) is 25.7 Å². The standard InChI is InChI=1S/C15H22/c1-4-11-7-14-9-12(5-2)13(6-3)10-15(14)8-11/h9-11H,4-8H2,1-3H3. The van der Waals surface area contributed by atoms with Gasteiger partial charge in [-0.3, -0.25) is 0 Å². The normalized spacial score (nSPS) is 15.7. The lowest BCUT2D eigenvalue weighted by molar-refractivity contribution is 0.542. The number of hydrogen-bond acceptors (Lipinski definition) is 0. The molecule has 0 radical (unpaired) electrons. The molecule has 0 aromatic heterocycles. The quantitative estimate of drug-likeness (QED) is 0.696. The van der Waals surface area contributed by atoms with Crippen LogP contribution in [0, 0.1) is 5.92 Å². The van der Waals surface area contributed by atoms with Gasteiger partial charge in [0.1, 0.15) is 0 Å². The van der Waals surface area contributed by atoms with Gasteiger partial charge in [-0.2, -0.15) is 0 Å². The second kappa shape index (κ2) is 4.38. The Morgan fingerprint density at radius 2 is 1.40 bits per heavy atom. The molecule has 1 aliphatic rings. The third kappa shape index (κ3) is 1.95. The van der Waals surface area contributed by atoms with Gasteiger partial charge in [-0.05, 0) is 53.9 Å². The lowest BCUT2D eigenvalue weighted by atomic mass is 9.97. The summed E-state index contributed by atoms with van der Waals surface area (Å²) >= 11 is 0. The first kappa shape index (κ1) is 10.7. The monoisotopic (exact) mass is 202 g/mol. The van der Waals surface area contributed by atoms with Crippen LogP contribution < -0.4 is 0 Å². The Bertz CT molecular complexity index is 316. The summed E-state index contributed by atoms with van der Waals surface area (Å²) in [5, 5.41) is 0. The molecule has 1 aromatic rings. The molecule has 1 aromatic carbocycles. The minimum atomic E-state index is 0.914. The van der Waals surface area contributed by atoms with Gasteiger partial charge in [0.25, 0.3) is 0 Å². The van der Waals surface area contributed by atoms with Crippen molar-refractivity contribution in [3.05, 3.63) is 34.4 Å². The smallest absolute Gasteiger partial charge is 0.0244 e. The van der Waals surface area contributed by atoms with Crippen molar-refractivity contribution in [2.24, 2.45) is 5.92 Å². The first-order chi connectivity index (χ1) is 7.28. The molecule has 2 rings (SSSR count). The van der Waals surface area contributed by atoms with Gasteiger partial charge in [0.05, 0.1) is 0 Å². The highest BCUT2D eigenvalue weighted by Crippen LogP contribution is 2.31. The zero-order valence-electron chi connectivity index (χ0n) is 10.3. The fourth-order valence-electron chi connectivity index (χ4n) is 2.81. The lowest BCUT2D eigenvalue weighted by Gasteiger charge is -2.09. The van der Waals surface area contributed by atoms with Crippen molar-refractivity contribution < 1.29 is 0 Å². The van der Waals surface area contributed by atoms with Gasteiger partial charge in [-0.1, -0.05) is 39.3 Å². The minimum absolute atomic E-state index is 0.914. The van der Waals surface area contributed by atoms with Gasteiger partial charge in [0.15, 0.2) is 0 Å². The molecule has 0 N–H and O–H groups in total. The van der Waals surface area contributed by atoms with E-state index in [2.05, 4.69) is 32.9 Å². The molecule has 0 saturated carbocycles. The molecule has 15 heavy (non-hydrogen) atoms. The van der Waals surface area contributed by atoms with Crippen LogP contribution in [0.2, 0.25) is 0 Å². The van der Waals surface area contributed by atoms with Crippen LogP contribution >= 0.6 is 0 Å². The first-order valence-electron chi connectivity index (χ1n) is 6.41. The van der Waals surface area contributed by atoms with Crippen molar-refractivity contribution in [1.29, 1.82) is 0 Å². The summed E-state index contributed by atoms with van der Waals surface area (Å²) in [6.45, 7) is 6.86. The van der Waals surface area contributed by atoms with Crippen LogP contribution in [-0.4, -0.2) is 0 Å². The van der Waals surface area contributed by atoms with E-state index in [0.717, 1.165) is 5.92 Å². The van der Waals surface area contributed by atoms with E-state index in [4.69, 9.17) is 0 Å². The third-order valence-corrected chi connectivity index (χ3v) is 3.88. The van der Waals surface area contributed by atoms with Gasteiger partial charge in [-0.15, -0.1) is 0 Å². The maximum atomic E-state index is 2.48. The molecule has 0 saturated heterocycles. The fraction of sp³-hybridized carbons (Fsp3) is 0.600. The molecule has 0 aliphatic heterocycles. The van der Waals surface area contributed by atoms with Crippen LogP contribution in [0.15, 0.2) is 12.1 Å². The number of fused-ring (bicyclic) bond motifs is 1. The highest BCUT2D eigenvalue weighted by Gasteiger charge is 2.20. The van der Waals surface area contributed by atoms with E-state index in [-0.39, 0.29) is 0 Å². The van der Waals surface area contributed by atoms with Crippen molar-refractivity contribution >= 4 is 0 Å². The molecule has 1 aliphatic carbocycles. The van der Waals surface area contributed by atoms with E-state index in [1.54, 1.807) is 22.3 Å². The van der Waals surface area contributed by atoms with Crippen molar-refractivity contribution in [3.8, 4) is 0 Å². The number of aryl methyl sites for hydroxylation is 2. The second-order valence-corrected chi connectivity index (χ2v) is 4.78. The topological polar surface area (TPSA) is 0 Å². The highest BCUT2D eigenvalue weighted by atomic mass is 14.3. The summed E-state index contributed by atoms with van der Waals surface area (Å²) in [5.74, 6) is 0.914. The SMILES string of the molecule is CCc1cc2c(cc1CC)CC(CC)C2. The van der Waals surface area contributed by atoms with Crippen LogP contribution in [0.5, 0.6) is 0 Å². The molecule has 0 amide bonds. The maximum absolute atomic E-state index is 2.48. The summed E-state index contributed by atoms with van der Waals surface area (Å²) in [5.41, 5.74) is 6.42. The van der Waals surface area contributed by atoms with E-state index < -0.39 is 0 Å². The summed E-state index contributed by atoms with van der Waals surface area (Å²) in [6, 6.07) is 4.95. The Labute approximate surface area is 93.7 Å². The predicted octanol–water partition coefficient (Wildman–Crippen LogP) is 3.94. The van der Waals surface area contributed by atoms with E-state index in [0.29, 0.717) is 0 Å². The third-order valence-electron chi connectivity index (χ3n) is 3.88. The van der Waals surface area contributed by atoms with E-state index >= 15 is 0 Å². The lowest BCUT2D eigenvalue weighted by Crippen LogP contribution is -1.95. The molecular weight excluding hydrogens is 180 g/mol. The van der Waals surface area contributed by atoms with Crippen molar-refractivity contribution in [3.63, 3.8) is 0 Å².